The zero-order valence-corrected chi connectivity index (χ0v) is 5.97. The predicted molar refractivity (Wildman–Crippen MR) is 39.2 cm³/mol. The van der Waals surface area contributed by atoms with Gasteiger partial charge < -0.3 is 10.8 Å². The molecule has 0 rings (SSSR count). The molecule has 2 nitrogen and oxygen atoms in total. The second-order valence-electron chi connectivity index (χ2n) is 1.79. The first-order valence-corrected chi connectivity index (χ1v) is 3.17. The van der Waals surface area contributed by atoms with Crippen molar-refractivity contribution in [3.8, 4) is 0 Å². The van der Waals surface area contributed by atoms with Gasteiger partial charge in [-0.2, -0.15) is 0 Å². The molecule has 0 unspecified atom stereocenters. The lowest BCUT2D eigenvalue weighted by atomic mass is 10.3. The van der Waals surface area contributed by atoms with Crippen molar-refractivity contribution in [1.29, 1.82) is 0 Å². The Bertz CT molecular complexity index is 134. The number of aliphatic hydroxyl groups excluding tert-OH is 1. The molecule has 3 N–H and O–H groups in total. The topological polar surface area (TPSA) is 46.2 Å². The monoisotopic (exact) mass is 145 g/mol. The van der Waals surface area contributed by atoms with E-state index < -0.39 is 5.83 Å². The minimum absolute atomic E-state index is 0.105. The molecule has 10 heavy (non-hydrogen) atoms. The van der Waals surface area contributed by atoms with E-state index in [9.17, 15) is 4.39 Å². The van der Waals surface area contributed by atoms with Gasteiger partial charge in [0.15, 0.2) is 5.83 Å². The fraction of sp³-hybridized carbons (Fsp3) is 0.429. The highest BCUT2D eigenvalue weighted by molar-refractivity contribution is 5.17. The van der Waals surface area contributed by atoms with Crippen LogP contribution in [0.15, 0.2) is 23.7 Å². The van der Waals surface area contributed by atoms with Crippen molar-refractivity contribution in [2.24, 2.45) is 5.73 Å². The van der Waals surface area contributed by atoms with Crippen molar-refractivity contribution in [3.05, 3.63) is 23.7 Å². The molecule has 0 saturated carbocycles. The summed E-state index contributed by atoms with van der Waals surface area (Å²) in [7, 11) is 0. The number of rotatable bonds is 3. The number of nitrogens with two attached hydrogens (primary N) is 1. The maximum absolute atomic E-state index is 12.4. The molecule has 0 amide bonds. The van der Waals surface area contributed by atoms with Crippen LogP contribution in [-0.4, -0.2) is 11.7 Å². The molecule has 0 radical (unpaired) electrons. The van der Waals surface area contributed by atoms with Gasteiger partial charge in [-0.15, -0.1) is 0 Å². The smallest absolute Gasteiger partial charge is 0.161 e. The van der Waals surface area contributed by atoms with Crippen LogP contribution < -0.4 is 5.73 Å². The highest BCUT2D eigenvalue weighted by atomic mass is 19.1. The lowest BCUT2D eigenvalue weighted by Crippen LogP contribution is -1.95. The van der Waals surface area contributed by atoms with E-state index in [4.69, 9.17) is 10.8 Å². The van der Waals surface area contributed by atoms with Crippen LogP contribution in [0.1, 0.15) is 13.3 Å². The summed E-state index contributed by atoms with van der Waals surface area (Å²) in [6.07, 6.45) is 3.13. The van der Waals surface area contributed by atoms with Gasteiger partial charge in [-0.3, -0.25) is 0 Å². The van der Waals surface area contributed by atoms with E-state index in [0.29, 0.717) is 6.42 Å². The molecule has 0 aromatic carbocycles. The minimum atomic E-state index is -0.649. The third-order valence-electron chi connectivity index (χ3n) is 0.939. The van der Waals surface area contributed by atoms with E-state index in [0.717, 1.165) is 6.08 Å². The number of hydrogen-bond acceptors (Lipinski definition) is 2. The predicted octanol–water partition coefficient (Wildman–Crippen LogP) is 1.65. The Labute approximate surface area is 59.8 Å². The molecule has 0 aliphatic heterocycles. The number of halogens is 1. The standard InChI is InChI=1S/C7H12FNO/c1-2-3-7(10)6(8)4-5-9/h3-4,10H,2,5,9H2,1H3/b6-4+,7-3+. The maximum atomic E-state index is 12.4. The van der Waals surface area contributed by atoms with Crippen molar-refractivity contribution in [2.75, 3.05) is 6.54 Å². The zero-order valence-electron chi connectivity index (χ0n) is 5.97. The molecule has 0 heterocycles. The van der Waals surface area contributed by atoms with Crippen molar-refractivity contribution in [3.63, 3.8) is 0 Å². The first kappa shape index (κ1) is 9.17. The summed E-state index contributed by atoms with van der Waals surface area (Å²) in [4.78, 5) is 0. The van der Waals surface area contributed by atoms with Gasteiger partial charge >= 0.3 is 0 Å². The second-order valence-corrected chi connectivity index (χ2v) is 1.79. The molecule has 0 fully saturated rings. The molecule has 0 bridgehead atoms. The Balaban J connectivity index is 4.06. The van der Waals surface area contributed by atoms with Crippen molar-refractivity contribution in [1.82, 2.24) is 0 Å². The van der Waals surface area contributed by atoms with Crippen LogP contribution in [-0.2, 0) is 0 Å². The molecule has 0 aromatic rings. The molecule has 58 valence electrons. The fourth-order valence-electron chi connectivity index (χ4n) is 0.499. The van der Waals surface area contributed by atoms with Crippen LogP contribution in [0.5, 0.6) is 0 Å². The molecule has 3 heteroatoms. The Morgan fingerprint density at radius 1 is 1.60 bits per heavy atom. The van der Waals surface area contributed by atoms with Crippen LogP contribution in [0.4, 0.5) is 4.39 Å². The molecular weight excluding hydrogens is 133 g/mol. The zero-order chi connectivity index (χ0) is 7.98. The van der Waals surface area contributed by atoms with Gasteiger partial charge in [0.05, 0.1) is 0 Å². The van der Waals surface area contributed by atoms with Crippen molar-refractivity contribution >= 4 is 0 Å². The third-order valence-corrected chi connectivity index (χ3v) is 0.939. The third kappa shape index (κ3) is 3.25. The molecule has 0 saturated heterocycles. The molecule has 0 aliphatic rings. The van der Waals surface area contributed by atoms with Gasteiger partial charge in [-0.1, -0.05) is 6.92 Å². The second kappa shape index (κ2) is 4.99. The highest BCUT2D eigenvalue weighted by Crippen LogP contribution is 2.07. The summed E-state index contributed by atoms with van der Waals surface area (Å²) in [5.41, 5.74) is 5.01. The lowest BCUT2D eigenvalue weighted by molar-refractivity contribution is 0.386. The lowest BCUT2D eigenvalue weighted by Gasteiger charge is -1.93. The van der Waals surface area contributed by atoms with Crippen LogP contribution in [0, 0.1) is 0 Å². The van der Waals surface area contributed by atoms with Crippen LogP contribution in [0.2, 0.25) is 0 Å². The number of allylic oxidation sites excluding steroid dienone is 2. The largest absolute Gasteiger partial charge is 0.505 e. The summed E-state index contributed by atoms with van der Waals surface area (Å²) in [6, 6.07) is 0. The van der Waals surface area contributed by atoms with E-state index in [1.54, 1.807) is 0 Å². The van der Waals surface area contributed by atoms with E-state index in [2.05, 4.69) is 0 Å². The maximum Gasteiger partial charge on any atom is 0.161 e. The Kier molecular flexibility index (Phi) is 4.58. The van der Waals surface area contributed by atoms with E-state index in [1.165, 1.54) is 6.08 Å². The normalized spacial score (nSPS) is 13.9. The fourth-order valence-corrected chi connectivity index (χ4v) is 0.499. The highest BCUT2D eigenvalue weighted by Gasteiger charge is 1.97. The van der Waals surface area contributed by atoms with Gasteiger partial charge in [-0.05, 0) is 18.6 Å². The van der Waals surface area contributed by atoms with Gasteiger partial charge in [0.2, 0.25) is 0 Å². The van der Waals surface area contributed by atoms with E-state index in [-0.39, 0.29) is 12.3 Å². The summed E-state index contributed by atoms with van der Waals surface area (Å²) in [5.74, 6) is -0.975. The van der Waals surface area contributed by atoms with Gasteiger partial charge in [0.1, 0.15) is 5.76 Å². The Hall–Kier alpha value is -0.830. The molecule has 0 atom stereocenters. The summed E-state index contributed by atoms with van der Waals surface area (Å²) < 4.78 is 12.4. The Morgan fingerprint density at radius 2 is 2.20 bits per heavy atom. The molecule has 0 aromatic heterocycles. The molecule has 0 spiro atoms. The van der Waals surface area contributed by atoms with Crippen molar-refractivity contribution < 1.29 is 9.50 Å². The van der Waals surface area contributed by atoms with Crippen LogP contribution >= 0.6 is 0 Å². The summed E-state index contributed by atoms with van der Waals surface area (Å²) in [5, 5.41) is 8.81. The average Bonchev–Trinajstić information content (AvgIpc) is 1.89. The average molecular weight is 145 g/mol. The van der Waals surface area contributed by atoms with Crippen LogP contribution in [0.25, 0.3) is 0 Å². The first-order chi connectivity index (χ1) is 4.72. The van der Waals surface area contributed by atoms with E-state index >= 15 is 0 Å². The van der Waals surface area contributed by atoms with Crippen molar-refractivity contribution in [2.45, 2.75) is 13.3 Å². The number of hydrogen-bond donors (Lipinski definition) is 2. The SMILES string of the molecule is CC/C=C(O)\C(F)=C/CN. The van der Waals surface area contributed by atoms with Gasteiger partial charge in [0, 0.05) is 6.54 Å². The summed E-state index contributed by atoms with van der Waals surface area (Å²) in [6.45, 7) is 1.92. The quantitative estimate of drug-likeness (QED) is 0.468. The first-order valence-electron chi connectivity index (χ1n) is 3.17. The Morgan fingerprint density at radius 3 is 2.60 bits per heavy atom. The minimum Gasteiger partial charge on any atom is -0.505 e. The van der Waals surface area contributed by atoms with Gasteiger partial charge in [-0.25, -0.2) is 4.39 Å². The number of aliphatic hydroxyl groups is 1. The van der Waals surface area contributed by atoms with E-state index in [1.807, 2.05) is 6.92 Å². The van der Waals surface area contributed by atoms with Crippen LogP contribution in [0.3, 0.4) is 0 Å². The molecule has 0 aliphatic carbocycles. The summed E-state index contributed by atoms with van der Waals surface area (Å²) >= 11 is 0. The van der Waals surface area contributed by atoms with Gasteiger partial charge in [0.25, 0.3) is 0 Å². The molecular formula is C7H12FNO.